The summed E-state index contributed by atoms with van der Waals surface area (Å²) >= 11 is 0. The van der Waals surface area contributed by atoms with Crippen LogP contribution < -0.4 is 5.73 Å². The van der Waals surface area contributed by atoms with Gasteiger partial charge in [-0.3, -0.25) is 4.99 Å². The van der Waals surface area contributed by atoms with E-state index in [-0.39, 0.29) is 11.5 Å². The number of carboxylic acids is 1. The number of aliphatic carboxylic acids is 1. The molecular formula is C10H9FN2O2. The lowest BCUT2D eigenvalue weighted by Crippen LogP contribution is -2.09. The van der Waals surface area contributed by atoms with E-state index in [1.807, 2.05) is 0 Å². The average Bonchev–Trinajstić information content (AvgIpc) is 2.20. The SMILES string of the molecule is N/C(=C\C=Nc1ccc(F)cc1)C(=O)O. The second-order valence-electron chi connectivity index (χ2n) is 2.68. The molecule has 0 aliphatic heterocycles. The summed E-state index contributed by atoms with van der Waals surface area (Å²) in [4.78, 5) is 14.1. The van der Waals surface area contributed by atoms with Crippen molar-refractivity contribution in [1.29, 1.82) is 0 Å². The van der Waals surface area contributed by atoms with Crippen LogP contribution in [0.2, 0.25) is 0 Å². The van der Waals surface area contributed by atoms with Crippen molar-refractivity contribution >= 4 is 17.9 Å². The lowest BCUT2D eigenvalue weighted by atomic mass is 10.3. The first-order valence-corrected chi connectivity index (χ1v) is 4.08. The molecule has 0 aromatic heterocycles. The van der Waals surface area contributed by atoms with Gasteiger partial charge in [0.15, 0.2) is 0 Å². The summed E-state index contributed by atoms with van der Waals surface area (Å²) in [5, 5.41) is 8.41. The van der Waals surface area contributed by atoms with Gasteiger partial charge in [-0.05, 0) is 30.3 Å². The molecule has 0 amide bonds. The fourth-order valence-electron chi connectivity index (χ4n) is 0.802. The highest BCUT2D eigenvalue weighted by Crippen LogP contribution is 2.10. The number of allylic oxidation sites excluding steroid dienone is 1. The molecule has 78 valence electrons. The zero-order chi connectivity index (χ0) is 11.3. The second-order valence-corrected chi connectivity index (χ2v) is 2.68. The minimum atomic E-state index is -1.21. The van der Waals surface area contributed by atoms with Gasteiger partial charge in [0.25, 0.3) is 0 Å². The molecule has 0 radical (unpaired) electrons. The molecule has 0 bridgehead atoms. The molecule has 0 saturated carbocycles. The summed E-state index contributed by atoms with van der Waals surface area (Å²) in [5.41, 5.74) is 5.33. The van der Waals surface area contributed by atoms with Crippen LogP contribution in [0.5, 0.6) is 0 Å². The lowest BCUT2D eigenvalue weighted by Gasteiger charge is -1.91. The Labute approximate surface area is 85.6 Å². The molecule has 0 atom stereocenters. The number of carbonyl (C=O) groups is 1. The van der Waals surface area contributed by atoms with Crippen molar-refractivity contribution in [2.45, 2.75) is 0 Å². The van der Waals surface area contributed by atoms with Crippen molar-refractivity contribution in [1.82, 2.24) is 0 Å². The Hall–Kier alpha value is -2.17. The molecule has 3 N–H and O–H groups in total. The number of hydrogen-bond donors (Lipinski definition) is 2. The Morgan fingerprint density at radius 3 is 2.53 bits per heavy atom. The van der Waals surface area contributed by atoms with Crippen LogP contribution in [0.25, 0.3) is 0 Å². The Kier molecular flexibility index (Phi) is 3.56. The zero-order valence-electron chi connectivity index (χ0n) is 7.72. The molecule has 0 saturated heterocycles. The van der Waals surface area contributed by atoms with E-state index < -0.39 is 5.97 Å². The van der Waals surface area contributed by atoms with E-state index in [2.05, 4.69) is 4.99 Å². The molecule has 0 heterocycles. The Morgan fingerprint density at radius 1 is 1.40 bits per heavy atom. The molecule has 0 fully saturated rings. The van der Waals surface area contributed by atoms with Gasteiger partial charge in [0.05, 0.1) is 5.69 Å². The number of nitrogens with zero attached hydrogens (tertiary/aromatic N) is 1. The van der Waals surface area contributed by atoms with Crippen LogP contribution in [-0.2, 0) is 4.79 Å². The quantitative estimate of drug-likeness (QED) is 0.583. The number of carboxylic acid groups (broad SMARTS) is 1. The van der Waals surface area contributed by atoms with Crippen LogP contribution in [0.1, 0.15) is 0 Å². The maximum Gasteiger partial charge on any atom is 0.351 e. The van der Waals surface area contributed by atoms with E-state index in [9.17, 15) is 9.18 Å². The minimum absolute atomic E-state index is 0.305. The highest BCUT2D eigenvalue weighted by Gasteiger charge is 1.97. The predicted molar refractivity (Wildman–Crippen MR) is 54.5 cm³/mol. The first kappa shape index (κ1) is 10.9. The fourth-order valence-corrected chi connectivity index (χ4v) is 0.802. The smallest absolute Gasteiger partial charge is 0.351 e. The van der Waals surface area contributed by atoms with E-state index in [0.717, 1.165) is 6.08 Å². The molecular weight excluding hydrogens is 199 g/mol. The average molecular weight is 208 g/mol. The molecule has 4 nitrogen and oxygen atoms in total. The number of rotatable bonds is 3. The van der Waals surface area contributed by atoms with E-state index in [1.165, 1.54) is 30.5 Å². The van der Waals surface area contributed by atoms with Crippen molar-refractivity contribution in [3.05, 3.63) is 41.9 Å². The highest BCUT2D eigenvalue weighted by molar-refractivity contribution is 5.91. The van der Waals surface area contributed by atoms with Crippen LogP contribution in [0.15, 0.2) is 41.0 Å². The van der Waals surface area contributed by atoms with Gasteiger partial charge < -0.3 is 10.8 Å². The molecule has 1 aromatic carbocycles. The molecule has 15 heavy (non-hydrogen) atoms. The van der Waals surface area contributed by atoms with E-state index in [4.69, 9.17) is 10.8 Å². The van der Waals surface area contributed by atoms with E-state index in [0.29, 0.717) is 5.69 Å². The summed E-state index contributed by atoms with van der Waals surface area (Å²) in [6, 6.07) is 5.46. The van der Waals surface area contributed by atoms with Crippen LogP contribution in [0.3, 0.4) is 0 Å². The molecule has 0 aliphatic carbocycles. The number of benzene rings is 1. The van der Waals surface area contributed by atoms with Crippen LogP contribution in [0.4, 0.5) is 10.1 Å². The van der Waals surface area contributed by atoms with Crippen molar-refractivity contribution in [2.24, 2.45) is 10.7 Å². The van der Waals surface area contributed by atoms with Gasteiger partial charge in [0, 0.05) is 6.21 Å². The third kappa shape index (κ3) is 3.60. The van der Waals surface area contributed by atoms with E-state index in [1.54, 1.807) is 0 Å². The molecule has 0 spiro atoms. The topological polar surface area (TPSA) is 75.7 Å². The molecule has 1 rings (SSSR count). The summed E-state index contributed by atoms with van der Waals surface area (Å²) in [5.74, 6) is -1.56. The standard InChI is InChI=1S/C10H9FN2O2/c11-7-1-3-8(4-2-7)13-6-5-9(12)10(14)15/h1-6H,12H2,(H,14,15)/b9-5-,13-6?. The minimum Gasteiger partial charge on any atom is -0.477 e. The van der Waals surface area contributed by atoms with Gasteiger partial charge in [0.2, 0.25) is 0 Å². The molecule has 5 heteroatoms. The van der Waals surface area contributed by atoms with Crippen LogP contribution >= 0.6 is 0 Å². The van der Waals surface area contributed by atoms with Gasteiger partial charge in [-0.2, -0.15) is 0 Å². The maximum atomic E-state index is 12.5. The lowest BCUT2D eigenvalue weighted by molar-refractivity contribution is -0.132. The third-order valence-electron chi connectivity index (χ3n) is 1.55. The van der Waals surface area contributed by atoms with Crippen molar-refractivity contribution in [2.75, 3.05) is 0 Å². The maximum absolute atomic E-state index is 12.5. The number of halogens is 1. The second kappa shape index (κ2) is 4.90. The Morgan fingerprint density at radius 2 is 2.00 bits per heavy atom. The highest BCUT2D eigenvalue weighted by atomic mass is 19.1. The van der Waals surface area contributed by atoms with Crippen molar-refractivity contribution in [3.63, 3.8) is 0 Å². The van der Waals surface area contributed by atoms with Gasteiger partial charge >= 0.3 is 5.97 Å². The first-order valence-electron chi connectivity index (χ1n) is 4.08. The predicted octanol–water partition coefficient (Wildman–Crippen LogP) is 1.46. The summed E-state index contributed by atoms with van der Waals surface area (Å²) in [7, 11) is 0. The molecule has 0 aliphatic rings. The van der Waals surface area contributed by atoms with Gasteiger partial charge in [-0.15, -0.1) is 0 Å². The van der Waals surface area contributed by atoms with E-state index >= 15 is 0 Å². The van der Waals surface area contributed by atoms with Crippen LogP contribution in [-0.4, -0.2) is 17.3 Å². The fraction of sp³-hybridized carbons (Fsp3) is 0. The monoisotopic (exact) mass is 208 g/mol. The normalized spacial score (nSPS) is 11.9. The number of hydrogen-bond acceptors (Lipinski definition) is 3. The van der Waals surface area contributed by atoms with Crippen LogP contribution in [0, 0.1) is 5.82 Å². The number of nitrogens with two attached hydrogens (primary N) is 1. The van der Waals surface area contributed by atoms with Crippen molar-refractivity contribution < 1.29 is 14.3 Å². The van der Waals surface area contributed by atoms with Gasteiger partial charge in [0.1, 0.15) is 11.5 Å². The largest absolute Gasteiger partial charge is 0.477 e. The number of aliphatic imine (C=N–C) groups is 1. The summed E-state index contributed by atoms with van der Waals surface area (Å²) in [6.45, 7) is 0. The first-order chi connectivity index (χ1) is 7.09. The Balaban J connectivity index is 2.70. The van der Waals surface area contributed by atoms with Crippen molar-refractivity contribution in [3.8, 4) is 0 Å². The zero-order valence-corrected chi connectivity index (χ0v) is 7.72. The third-order valence-corrected chi connectivity index (χ3v) is 1.55. The Bertz CT molecular complexity index is 410. The summed E-state index contributed by atoms with van der Waals surface area (Å²) in [6.07, 6.45) is 2.41. The van der Waals surface area contributed by atoms with Gasteiger partial charge in [-0.25, -0.2) is 9.18 Å². The molecule has 0 unspecified atom stereocenters. The molecule has 1 aromatic rings. The van der Waals surface area contributed by atoms with Gasteiger partial charge in [-0.1, -0.05) is 0 Å². The summed E-state index contributed by atoms with van der Waals surface area (Å²) < 4.78 is 12.5.